The zero-order valence-electron chi connectivity index (χ0n) is 10.9. The lowest BCUT2D eigenvalue weighted by atomic mass is 10.1. The first-order valence-corrected chi connectivity index (χ1v) is 7.43. The van der Waals surface area contributed by atoms with Crippen molar-refractivity contribution in [2.24, 2.45) is 0 Å². The first-order valence-electron chi connectivity index (χ1n) is 6.63. The summed E-state index contributed by atoms with van der Waals surface area (Å²) < 4.78 is 3.19. The summed E-state index contributed by atoms with van der Waals surface area (Å²) >= 11 is 3.48. The maximum absolute atomic E-state index is 5.84. The number of nitrogens with zero attached hydrogens (tertiary/aromatic N) is 3. The van der Waals surface area contributed by atoms with Crippen LogP contribution in [0.2, 0.25) is 0 Å². The molecule has 0 saturated heterocycles. The second-order valence-electron chi connectivity index (χ2n) is 5.12. The molecule has 100 valence electrons. The van der Waals surface area contributed by atoms with Crippen molar-refractivity contribution in [1.29, 1.82) is 0 Å². The molecule has 0 atom stereocenters. The minimum atomic E-state index is 0.543. The van der Waals surface area contributed by atoms with Crippen LogP contribution in [0.25, 0.3) is 11.4 Å². The number of hydrogen-bond acceptors (Lipinski definition) is 3. The Morgan fingerprint density at radius 1 is 1.26 bits per heavy atom. The van der Waals surface area contributed by atoms with Crippen LogP contribution >= 0.6 is 15.9 Å². The van der Waals surface area contributed by atoms with Gasteiger partial charge in [0.1, 0.15) is 5.82 Å². The van der Waals surface area contributed by atoms with E-state index in [-0.39, 0.29) is 0 Å². The van der Waals surface area contributed by atoms with Crippen molar-refractivity contribution in [1.82, 2.24) is 14.8 Å². The van der Waals surface area contributed by atoms with Crippen LogP contribution in [0, 0.1) is 6.92 Å². The Morgan fingerprint density at radius 3 is 2.68 bits per heavy atom. The van der Waals surface area contributed by atoms with Crippen LogP contribution in [-0.2, 0) is 0 Å². The molecule has 1 aliphatic rings. The topological polar surface area (TPSA) is 56.7 Å². The molecule has 5 heteroatoms. The first kappa shape index (κ1) is 12.7. The van der Waals surface area contributed by atoms with Gasteiger partial charge >= 0.3 is 0 Å². The smallest absolute Gasteiger partial charge is 0.164 e. The number of aryl methyl sites for hydroxylation is 1. The molecular weight excluding hydrogens is 304 g/mol. The highest BCUT2D eigenvalue weighted by molar-refractivity contribution is 9.10. The molecule has 0 unspecified atom stereocenters. The molecule has 0 radical (unpaired) electrons. The summed E-state index contributed by atoms with van der Waals surface area (Å²) in [6.07, 6.45) is 5.05. The SMILES string of the molecule is Cc1nnc(-c2ccc(N)c(Br)c2)n1C1CCCC1. The van der Waals surface area contributed by atoms with E-state index in [2.05, 4.69) is 30.7 Å². The van der Waals surface area contributed by atoms with Crippen molar-refractivity contribution in [3.05, 3.63) is 28.5 Å². The molecule has 1 aliphatic carbocycles. The Labute approximate surface area is 121 Å². The number of nitrogens with two attached hydrogens (primary N) is 1. The number of nitrogen functional groups attached to an aromatic ring is 1. The number of halogens is 1. The number of rotatable bonds is 2. The summed E-state index contributed by atoms with van der Waals surface area (Å²) in [6, 6.07) is 6.48. The second-order valence-corrected chi connectivity index (χ2v) is 5.97. The Kier molecular flexibility index (Phi) is 3.31. The van der Waals surface area contributed by atoms with E-state index in [0.717, 1.165) is 27.4 Å². The minimum absolute atomic E-state index is 0.543. The van der Waals surface area contributed by atoms with Gasteiger partial charge in [0.05, 0.1) is 0 Å². The van der Waals surface area contributed by atoms with Crippen LogP contribution in [0.5, 0.6) is 0 Å². The van der Waals surface area contributed by atoms with Crippen LogP contribution in [0.1, 0.15) is 37.5 Å². The fraction of sp³-hybridized carbons (Fsp3) is 0.429. The maximum Gasteiger partial charge on any atom is 0.164 e. The molecule has 19 heavy (non-hydrogen) atoms. The third kappa shape index (κ3) is 2.27. The maximum atomic E-state index is 5.84. The van der Waals surface area contributed by atoms with E-state index in [1.54, 1.807) is 0 Å². The Hall–Kier alpha value is -1.36. The fourth-order valence-corrected chi connectivity index (χ4v) is 3.21. The molecule has 3 rings (SSSR count). The highest BCUT2D eigenvalue weighted by atomic mass is 79.9. The van der Waals surface area contributed by atoms with Gasteiger partial charge in [0.2, 0.25) is 0 Å². The molecule has 4 nitrogen and oxygen atoms in total. The standard InChI is InChI=1S/C14H17BrN4/c1-9-17-18-14(19(9)11-4-2-3-5-11)10-6-7-13(16)12(15)8-10/h6-8,11H,2-5,16H2,1H3. The summed E-state index contributed by atoms with van der Waals surface area (Å²) in [5, 5.41) is 8.61. The number of benzene rings is 1. The van der Waals surface area contributed by atoms with Gasteiger partial charge in [-0.3, -0.25) is 0 Å². The van der Waals surface area contributed by atoms with Crippen LogP contribution < -0.4 is 5.73 Å². The monoisotopic (exact) mass is 320 g/mol. The number of aromatic nitrogens is 3. The molecule has 1 aromatic heterocycles. The van der Waals surface area contributed by atoms with Gasteiger partial charge in [-0.15, -0.1) is 10.2 Å². The summed E-state index contributed by atoms with van der Waals surface area (Å²) in [5.74, 6) is 1.94. The van der Waals surface area contributed by atoms with Crippen LogP contribution in [0.15, 0.2) is 22.7 Å². The lowest BCUT2D eigenvalue weighted by Crippen LogP contribution is -2.08. The highest BCUT2D eigenvalue weighted by Gasteiger charge is 2.23. The Balaban J connectivity index is 2.07. The molecule has 0 bridgehead atoms. The minimum Gasteiger partial charge on any atom is -0.398 e. The fourth-order valence-electron chi connectivity index (χ4n) is 2.83. The van der Waals surface area contributed by atoms with Crippen LogP contribution in [0.3, 0.4) is 0 Å². The Morgan fingerprint density at radius 2 is 2.00 bits per heavy atom. The second kappa shape index (κ2) is 4.96. The van der Waals surface area contributed by atoms with E-state index in [1.807, 2.05) is 25.1 Å². The van der Waals surface area contributed by atoms with Crippen molar-refractivity contribution >= 4 is 21.6 Å². The Bertz CT molecular complexity index is 599. The third-order valence-corrected chi connectivity index (χ3v) is 4.50. The van der Waals surface area contributed by atoms with Gasteiger partial charge in [-0.2, -0.15) is 0 Å². The molecule has 1 aromatic carbocycles. The van der Waals surface area contributed by atoms with Gasteiger partial charge in [-0.05, 0) is 53.9 Å². The molecule has 2 N–H and O–H groups in total. The predicted molar refractivity (Wildman–Crippen MR) is 79.8 cm³/mol. The number of hydrogen-bond donors (Lipinski definition) is 1. The third-order valence-electron chi connectivity index (χ3n) is 3.81. The van der Waals surface area contributed by atoms with Gasteiger partial charge in [0.15, 0.2) is 5.82 Å². The molecule has 0 spiro atoms. The normalized spacial score (nSPS) is 16.1. The van der Waals surface area contributed by atoms with Crippen molar-refractivity contribution in [2.45, 2.75) is 38.6 Å². The predicted octanol–water partition coefficient (Wildman–Crippen LogP) is 3.71. The summed E-state index contributed by atoms with van der Waals surface area (Å²) in [6.45, 7) is 2.03. The molecule has 1 heterocycles. The van der Waals surface area contributed by atoms with Crippen molar-refractivity contribution in [3.8, 4) is 11.4 Å². The molecule has 0 aliphatic heterocycles. The lowest BCUT2D eigenvalue weighted by molar-refractivity contribution is 0.510. The summed E-state index contributed by atoms with van der Waals surface area (Å²) in [5.41, 5.74) is 7.65. The average Bonchev–Trinajstić information content (AvgIpc) is 3.01. The van der Waals surface area contributed by atoms with Gasteiger partial charge in [-0.1, -0.05) is 12.8 Å². The highest BCUT2D eigenvalue weighted by Crippen LogP contribution is 2.35. The van der Waals surface area contributed by atoms with Crippen molar-refractivity contribution in [2.75, 3.05) is 5.73 Å². The zero-order chi connectivity index (χ0) is 13.4. The van der Waals surface area contributed by atoms with E-state index in [1.165, 1.54) is 25.7 Å². The van der Waals surface area contributed by atoms with E-state index in [0.29, 0.717) is 6.04 Å². The molecular formula is C14H17BrN4. The van der Waals surface area contributed by atoms with E-state index in [4.69, 9.17) is 5.73 Å². The van der Waals surface area contributed by atoms with E-state index >= 15 is 0 Å². The molecule has 1 fully saturated rings. The van der Waals surface area contributed by atoms with Crippen LogP contribution in [0.4, 0.5) is 5.69 Å². The van der Waals surface area contributed by atoms with E-state index < -0.39 is 0 Å². The van der Waals surface area contributed by atoms with Gasteiger partial charge in [0, 0.05) is 21.8 Å². The van der Waals surface area contributed by atoms with Crippen LogP contribution in [-0.4, -0.2) is 14.8 Å². The summed E-state index contributed by atoms with van der Waals surface area (Å²) in [4.78, 5) is 0. The first-order chi connectivity index (χ1) is 9.16. The summed E-state index contributed by atoms with van der Waals surface area (Å²) in [7, 11) is 0. The number of anilines is 1. The quantitative estimate of drug-likeness (QED) is 0.858. The van der Waals surface area contributed by atoms with Gasteiger partial charge in [0.25, 0.3) is 0 Å². The van der Waals surface area contributed by atoms with Crippen molar-refractivity contribution < 1.29 is 0 Å². The molecule has 1 saturated carbocycles. The largest absolute Gasteiger partial charge is 0.398 e. The lowest BCUT2D eigenvalue weighted by Gasteiger charge is -2.16. The van der Waals surface area contributed by atoms with E-state index in [9.17, 15) is 0 Å². The molecule has 2 aromatic rings. The van der Waals surface area contributed by atoms with Crippen molar-refractivity contribution in [3.63, 3.8) is 0 Å². The zero-order valence-corrected chi connectivity index (χ0v) is 12.5. The van der Waals surface area contributed by atoms with Gasteiger partial charge < -0.3 is 10.3 Å². The molecule has 0 amide bonds. The van der Waals surface area contributed by atoms with Gasteiger partial charge in [-0.25, -0.2) is 0 Å². The average molecular weight is 321 g/mol.